The molecule has 0 saturated heterocycles. The molecule has 0 radical (unpaired) electrons. The van der Waals surface area contributed by atoms with Gasteiger partial charge in [-0.3, -0.25) is 28.9 Å². The first-order valence-corrected chi connectivity index (χ1v) is 18.9. The molecule has 0 atom stereocenters. The summed E-state index contributed by atoms with van der Waals surface area (Å²) in [6.07, 6.45) is 8.29. The number of pyridine rings is 6. The van der Waals surface area contributed by atoms with Gasteiger partial charge in [-0.1, -0.05) is 0 Å². The van der Waals surface area contributed by atoms with E-state index >= 15 is 0 Å². The van der Waals surface area contributed by atoms with Gasteiger partial charge in [-0.05, 0) is 75.2 Å². The zero-order chi connectivity index (χ0) is 44.2. The summed E-state index contributed by atoms with van der Waals surface area (Å²) in [5, 5.41) is 19.5. The van der Waals surface area contributed by atoms with E-state index in [4.69, 9.17) is 0 Å². The highest BCUT2D eigenvalue weighted by atomic mass is 19.1. The molecule has 0 aliphatic heterocycles. The first-order chi connectivity index (χ1) is 29.7. The molecule has 2 amide bonds. The summed E-state index contributed by atoms with van der Waals surface area (Å²) in [5.41, 5.74) is 6.21. The van der Waals surface area contributed by atoms with Crippen LogP contribution in [-0.4, -0.2) is 75.4 Å². The Kier molecular flexibility index (Phi) is 12.1. The van der Waals surface area contributed by atoms with E-state index in [9.17, 15) is 27.2 Å². The smallest absolute Gasteiger partial charge is 0.241 e. The second-order valence-electron chi connectivity index (χ2n) is 14.0. The number of rotatable bonds is 10. The van der Waals surface area contributed by atoms with Gasteiger partial charge in [0.25, 0.3) is 0 Å². The van der Waals surface area contributed by atoms with E-state index in [2.05, 4.69) is 61.4 Å². The molecule has 20 heteroatoms. The van der Waals surface area contributed by atoms with Crippen LogP contribution < -0.4 is 21.3 Å². The van der Waals surface area contributed by atoms with Crippen LogP contribution in [0.3, 0.4) is 0 Å². The zero-order valence-corrected chi connectivity index (χ0v) is 34.1. The highest BCUT2D eigenvalue weighted by Crippen LogP contribution is 2.33. The normalized spacial score (nSPS) is 11.0. The van der Waals surface area contributed by atoms with Crippen LogP contribution >= 0.6 is 0 Å². The molecule has 0 saturated carbocycles. The number of nitrogens with one attached hydrogen (secondary N) is 4. The van der Waals surface area contributed by atoms with Gasteiger partial charge in [-0.2, -0.15) is 10.2 Å². The van der Waals surface area contributed by atoms with E-state index in [1.54, 1.807) is 70.6 Å². The van der Waals surface area contributed by atoms with Crippen molar-refractivity contribution in [2.75, 3.05) is 24.7 Å². The number of carbonyl (C=O) groups is 2. The maximum atomic E-state index is 14.8. The van der Waals surface area contributed by atoms with Gasteiger partial charge >= 0.3 is 0 Å². The standard InChI is InChI=1S/2C21H19F2N7O/c1-11-7-25-16(19-13(22)5-4-12(2)27-19)6-15(11)28-20-14(23)8-26-17-9-30(29-21(17)20)10-18(31)24-3;1-11-7-25-16(19-13(22)5-4-12(2)28-19)6-15(11)29-20-14(23)8-26-17-9-27-30(21(17)20)10-18(31)24-3/h4-9H,10H2,1-3H3,(H,24,31)(H,25,28);4-9H,10H2,1-3H3,(H,24,31)(H,25,26,29). The Balaban J connectivity index is 0.000000186. The van der Waals surface area contributed by atoms with Crippen molar-refractivity contribution < 1.29 is 27.2 Å². The fourth-order valence-electron chi connectivity index (χ4n) is 6.18. The van der Waals surface area contributed by atoms with Gasteiger partial charge in [0.05, 0.1) is 36.2 Å². The minimum Gasteiger partial charge on any atom is -0.358 e. The van der Waals surface area contributed by atoms with E-state index in [0.29, 0.717) is 61.8 Å². The van der Waals surface area contributed by atoms with Crippen LogP contribution in [0.4, 0.5) is 40.3 Å². The molecule has 316 valence electrons. The number of nitrogens with zero attached hydrogens (tertiary/aromatic N) is 10. The fourth-order valence-corrected chi connectivity index (χ4v) is 6.18. The average molecular weight is 847 g/mol. The molecule has 0 aliphatic rings. The van der Waals surface area contributed by atoms with Crippen LogP contribution in [0.1, 0.15) is 22.5 Å². The molecule has 16 nitrogen and oxygen atoms in total. The first-order valence-electron chi connectivity index (χ1n) is 18.9. The van der Waals surface area contributed by atoms with Crippen molar-refractivity contribution >= 4 is 56.6 Å². The van der Waals surface area contributed by atoms with Crippen LogP contribution in [0.25, 0.3) is 44.8 Å². The molecule has 8 aromatic heterocycles. The molecule has 8 aromatic rings. The van der Waals surface area contributed by atoms with Gasteiger partial charge < -0.3 is 21.3 Å². The first kappa shape index (κ1) is 42.2. The Hall–Kier alpha value is -7.90. The van der Waals surface area contributed by atoms with Crippen LogP contribution in [0, 0.1) is 51.0 Å². The quantitative estimate of drug-likeness (QED) is 0.109. The average Bonchev–Trinajstić information content (AvgIpc) is 3.87. The van der Waals surface area contributed by atoms with Gasteiger partial charge in [-0.15, -0.1) is 0 Å². The van der Waals surface area contributed by atoms with Crippen molar-refractivity contribution in [3.05, 3.63) is 119 Å². The molecule has 8 rings (SSSR count). The lowest BCUT2D eigenvalue weighted by atomic mass is 10.1. The summed E-state index contributed by atoms with van der Waals surface area (Å²) in [7, 11) is 3.03. The van der Waals surface area contributed by atoms with Gasteiger partial charge in [0.2, 0.25) is 11.8 Å². The molecule has 8 heterocycles. The highest BCUT2D eigenvalue weighted by Gasteiger charge is 2.20. The molecule has 0 unspecified atom stereocenters. The van der Waals surface area contributed by atoms with Gasteiger partial charge in [0, 0.05) is 49.3 Å². The van der Waals surface area contributed by atoms with Crippen molar-refractivity contribution in [3.8, 4) is 22.8 Å². The predicted molar refractivity (Wildman–Crippen MR) is 223 cm³/mol. The summed E-state index contributed by atoms with van der Waals surface area (Å²) < 4.78 is 60.8. The van der Waals surface area contributed by atoms with Gasteiger partial charge in [-0.25, -0.2) is 37.5 Å². The maximum absolute atomic E-state index is 14.8. The lowest BCUT2D eigenvalue weighted by Gasteiger charge is -2.14. The number of hydrogen-bond donors (Lipinski definition) is 4. The number of hydrogen-bond acceptors (Lipinski definition) is 12. The molecule has 62 heavy (non-hydrogen) atoms. The Morgan fingerprint density at radius 1 is 0.613 bits per heavy atom. The van der Waals surface area contributed by atoms with Crippen LogP contribution in [0.5, 0.6) is 0 Å². The largest absolute Gasteiger partial charge is 0.358 e. The molecule has 0 aliphatic carbocycles. The molecule has 0 bridgehead atoms. The minimum absolute atomic E-state index is 0.0232. The second-order valence-corrected chi connectivity index (χ2v) is 14.0. The highest BCUT2D eigenvalue weighted by molar-refractivity contribution is 5.92. The molecule has 0 spiro atoms. The topological polar surface area (TPSA) is 195 Å². The molecule has 4 N–H and O–H groups in total. The molecule has 0 aromatic carbocycles. The third kappa shape index (κ3) is 8.98. The fraction of sp³-hybridized carbons (Fsp3) is 0.190. The Morgan fingerprint density at radius 2 is 1.13 bits per heavy atom. The summed E-state index contributed by atoms with van der Waals surface area (Å²) >= 11 is 0. The Morgan fingerprint density at radius 3 is 1.69 bits per heavy atom. The van der Waals surface area contributed by atoms with Crippen LogP contribution in [0.15, 0.2) is 73.6 Å². The third-order valence-electron chi connectivity index (χ3n) is 9.49. The van der Waals surface area contributed by atoms with Crippen LogP contribution in [0.2, 0.25) is 0 Å². The van der Waals surface area contributed by atoms with Crippen molar-refractivity contribution in [1.82, 2.24) is 60.1 Å². The Labute approximate surface area is 350 Å². The number of aromatic nitrogens is 10. The van der Waals surface area contributed by atoms with Gasteiger partial charge in [0.1, 0.15) is 57.9 Å². The Bertz CT molecular complexity index is 3000. The lowest BCUT2D eigenvalue weighted by molar-refractivity contribution is -0.122. The van der Waals surface area contributed by atoms with Crippen LogP contribution in [-0.2, 0) is 22.7 Å². The molecular formula is C42H38F4N14O2. The van der Waals surface area contributed by atoms with E-state index < -0.39 is 23.3 Å². The van der Waals surface area contributed by atoms with Crippen molar-refractivity contribution in [1.29, 1.82) is 0 Å². The predicted octanol–water partition coefficient (Wildman–Crippen LogP) is 6.55. The number of halogens is 4. The van der Waals surface area contributed by atoms with E-state index in [-0.39, 0.29) is 53.2 Å². The number of likely N-dealkylation sites (N-methyl/N-ethyl adjacent to an activating group) is 2. The van der Waals surface area contributed by atoms with Crippen molar-refractivity contribution in [3.63, 3.8) is 0 Å². The van der Waals surface area contributed by atoms with Crippen molar-refractivity contribution in [2.45, 2.75) is 40.8 Å². The van der Waals surface area contributed by atoms with Gasteiger partial charge in [0.15, 0.2) is 23.3 Å². The van der Waals surface area contributed by atoms with E-state index in [0.717, 1.165) is 12.4 Å². The summed E-state index contributed by atoms with van der Waals surface area (Å²) in [6, 6.07) is 9.01. The molecular weight excluding hydrogens is 809 g/mol. The van der Waals surface area contributed by atoms with E-state index in [1.807, 2.05) is 0 Å². The number of anilines is 4. The monoisotopic (exact) mass is 846 g/mol. The summed E-state index contributed by atoms with van der Waals surface area (Å²) in [6.45, 7) is 6.97. The summed E-state index contributed by atoms with van der Waals surface area (Å²) in [4.78, 5) is 48.6. The summed E-state index contributed by atoms with van der Waals surface area (Å²) in [5.74, 6) is -2.78. The lowest BCUT2D eigenvalue weighted by Crippen LogP contribution is -2.24. The second kappa shape index (κ2) is 17.8. The number of fused-ring (bicyclic) bond motifs is 2. The maximum Gasteiger partial charge on any atom is 0.241 e. The molecule has 0 fully saturated rings. The number of aryl methyl sites for hydroxylation is 4. The minimum atomic E-state index is -0.622. The van der Waals surface area contributed by atoms with Crippen molar-refractivity contribution in [2.24, 2.45) is 0 Å². The zero-order valence-electron chi connectivity index (χ0n) is 34.1. The van der Waals surface area contributed by atoms with E-state index in [1.165, 1.54) is 41.8 Å². The number of carbonyl (C=O) groups excluding carboxylic acids is 2. The third-order valence-corrected chi connectivity index (χ3v) is 9.49. The SMILES string of the molecule is CNC(=O)Cn1cc2ncc(F)c(Nc3cc(-c4nc(C)ccc4F)ncc3C)c2n1.CNC(=O)Cn1ncc2ncc(F)c(Nc3cc(-c4nc(C)ccc4F)ncc3C)c21. The number of amides is 2.